The highest BCUT2D eigenvalue weighted by Crippen LogP contribution is 2.32. The van der Waals surface area contributed by atoms with Crippen LogP contribution in [0.25, 0.3) is 17.1 Å². The van der Waals surface area contributed by atoms with Crippen LogP contribution in [0, 0.1) is 0 Å². The van der Waals surface area contributed by atoms with Crippen molar-refractivity contribution in [2.45, 2.75) is 18.1 Å². The van der Waals surface area contributed by atoms with E-state index >= 15 is 0 Å². The van der Waals surface area contributed by atoms with Crippen LogP contribution in [0.3, 0.4) is 0 Å². The van der Waals surface area contributed by atoms with Gasteiger partial charge in [0.1, 0.15) is 0 Å². The molecule has 0 aliphatic carbocycles. The molecule has 33 heavy (non-hydrogen) atoms. The van der Waals surface area contributed by atoms with E-state index in [4.69, 9.17) is 9.47 Å². The molecule has 0 saturated heterocycles. The SMILES string of the molecule is O=C(CCSc1nnc(-c2cccnc2)n1-c1ccccc1)NCc1ccc2c(c1)OCO2. The Kier molecular flexibility index (Phi) is 6.21. The van der Waals surface area contributed by atoms with Gasteiger partial charge in [-0.15, -0.1) is 10.2 Å². The van der Waals surface area contributed by atoms with Gasteiger partial charge in [0.2, 0.25) is 12.7 Å². The van der Waals surface area contributed by atoms with Crippen LogP contribution in [0.1, 0.15) is 12.0 Å². The van der Waals surface area contributed by atoms with E-state index in [1.807, 2.05) is 65.2 Å². The van der Waals surface area contributed by atoms with Gasteiger partial charge < -0.3 is 14.8 Å². The average molecular weight is 460 g/mol. The molecule has 3 heterocycles. The van der Waals surface area contributed by atoms with Crippen molar-refractivity contribution in [2.24, 2.45) is 0 Å². The van der Waals surface area contributed by atoms with Gasteiger partial charge in [0, 0.05) is 42.4 Å². The Morgan fingerprint density at radius 1 is 1.03 bits per heavy atom. The molecule has 166 valence electrons. The minimum Gasteiger partial charge on any atom is -0.454 e. The molecule has 0 unspecified atom stereocenters. The zero-order valence-corrected chi connectivity index (χ0v) is 18.5. The number of rotatable bonds is 8. The number of benzene rings is 2. The van der Waals surface area contributed by atoms with Crippen LogP contribution in [0.15, 0.2) is 78.2 Å². The summed E-state index contributed by atoms with van der Waals surface area (Å²) in [5, 5.41) is 12.5. The predicted octanol–water partition coefficient (Wildman–Crippen LogP) is 3.86. The van der Waals surface area contributed by atoms with Crippen molar-refractivity contribution in [3.63, 3.8) is 0 Å². The van der Waals surface area contributed by atoms with Crippen molar-refractivity contribution in [3.05, 3.63) is 78.6 Å². The van der Waals surface area contributed by atoms with E-state index < -0.39 is 0 Å². The second-order valence-electron chi connectivity index (χ2n) is 7.28. The van der Waals surface area contributed by atoms with E-state index in [1.165, 1.54) is 11.8 Å². The van der Waals surface area contributed by atoms with Crippen molar-refractivity contribution in [1.82, 2.24) is 25.1 Å². The molecule has 1 amide bonds. The molecule has 1 N–H and O–H groups in total. The van der Waals surface area contributed by atoms with Crippen molar-refractivity contribution in [3.8, 4) is 28.6 Å². The Labute approximate surface area is 195 Å². The number of thioether (sulfide) groups is 1. The number of amides is 1. The molecule has 0 fully saturated rings. The van der Waals surface area contributed by atoms with E-state index in [1.54, 1.807) is 12.4 Å². The summed E-state index contributed by atoms with van der Waals surface area (Å²) in [5.41, 5.74) is 2.79. The van der Waals surface area contributed by atoms with Crippen molar-refractivity contribution in [2.75, 3.05) is 12.5 Å². The van der Waals surface area contributed by atoms with Crippen molar-refractivity contribution >= 4 is 17.7 Å². The van der Waals surface area contributed by atoms with Crippen LogP contribution in [0.2, 0.25) is 0 Å². The van der Waals surface area contributed by atoms with Crippen LogP contribution in [0.5, 0.6) is 11.5 Å². The fourth-order valence-electron chi connectivity index (χ4n) is 3.43. The zero-order valence-electron chi connectivity index (χ0n) is 17.7. The summed E-state index contributed by atoms with van der Waals surface area (Å²) < 4.78 is 12.7. The van der Waals surface area contributed by atoms with Gasteiger partial charge in [-0.3, -0.25) is 14.3 Å². The molecule has 0 atom stereocenters. The van der Waals surface area contributed by atoms with Gasteiger partial charge in [-0.1, -0.05) is 36.0 Å². The van der Waals surface area contributed by atoms with Crippen LogP contribution in [-0.2, 0) is 11.3 Å². The monoisotopic (exact) mass is 459 g/mol. The second kappa shape index (κ2) is 9.74. The molecule has 0 saturated carbocycles. The number of nitrogens with one attached hydrogen (secondary N) is 1. The highest BCUT2D eigenvalue weighted by molar-refractivity contribution is 7.99. The Bertz CT molecular complexity index is 1250. The summed E-state index contributed by atoms with van der Waals surface area (Å²) in [4.78, 5) is 16.6. The normalized spacial score (nSPS) is 12.0. The van der Waals surface area contributed by atoms with Crippen molar-refractivity contribution < 1.29 is 14.3 Å². The summed E-state index contributed by atoms with van der Waals surface area (Å²) in [6.07, 6.45) is 3.85. The van der Waals surface area contributed by atoms with Crippen LogP contribution in [-0.4, -0.2) is 38.2 Å². The van der Waals surface area contributed by atoms with E-state index in [0.29, 0.717) is 30.3 Å². The molecule has 0 spiro atoms. The molecule has 9 heteroatoms. The van der Waals surface area contributed by atoms with Gasteiger partial charge in [-0.2, -0.15) is 0 Å². The van der Waals surface area contributed by atoms with E-state index in [9.17, 15) is 4.79 Å². The minimum absolute atomic E-state index is 0.0292. The molecule has 1 aliphatic rings. The Hall–Kier alpha value is -3.85. The summed E-state index contributed by atoms with van der Waals surface area (Å²) in [6, 6.07) is 19.4. The maximum atomic E-state index is 12.4. The average Bonchev–Trinajstić information content (AvgIpc) is 3.50. The van der Waals surface area contributed by atoms with Gasteiger partial charge in [-0.25, -0.2) is 0 Å². The molecule has 5 rings (SSSR count). The first-order chi connectivity index (χ1) is 16.3. The quantitative estimate of drug-likeness (QED) is 0.400. The minimum atomic E-state index is -0.0292. The Balaban J connectivity index is 1.22. The summed E-state index contributed by atoms with van der Waals surface area (Å²) in [5.74, 6) is 2.70. The van der Waals surface area contributed by atoms with E-state index in [0.717, 1.165) is 27.7 Å². The first-order valence-corrected chi connectivity index (χ1v) is 11.5. The molecule has 0 bridgehead atoms. The molecule has 2 aromatic carbocycles. The number of para-hydroxylation sites is 1. The number of ether oxygens (including phenoxy) is 2. The van der Waals surface area contributed by atoms with Gasteiger partial charge >= 0.3 is 0 Å². The number of aromatic nitrogens is 4. The Morgan fingerprint density at radius 3 is 2.76 bits per heavy atom. The highest BCUT2D eigenvalue weighted by atomic mass is 32.2. The lowest BCUT2D eigenvalue weighted by molar-refractivity contribution is -0.120. The first kappa shape index (κ1) is 21.0. The number of hydrogen-bond acceptors (Lipinski definition) is 7. The van der Waals surface area contributed by atoms with Crippen molar-refractivity contribution in [1.29, 1.82) is 0 Å². The molecular formula is C24H21N5O3S. The lowest BCUT2D eigenvalue weighted by Gasteiger charge is -2.10. The third-order valence-corrected chi connectivity index (χ3v) is 5.99. The summed E-state index contributed by atoms with van der Waals surface area (Å²) in [6.45, 7) is 0.671. The lowest BCUT2D eigenvalue weighted by Crippen LogP contribution is -2.23. The van der Waals surface area contributed by atoms with Gasteiger partial charge in [0.15, 0.2) is 22.5 Å². The zero-order chi connectivity index (χ0) is 22.5. The lowest BCUT2D eigenvalue weighted by atomic mass is 10.2. The summed E-state index contributed by atoms with van der Waals surface area (Å²) in [7, 11) is 0. The third-order valence-electron chi connectivity index (χ3n) is 5.05. The van der Waals surface area contributed by atoms with Gasteiger partial charge in [0.25, 0.3) is 0 Å². The molecule has 0 radical (unpaired) electrons. The van der Waals surface area contributed by atoms with Crippen LogP contribution < -0.4 is 14.8 Å². The molecule has 8 nitrogen and oxygen atoms in total. The van der Waals surface area contributed by atoms with Gasteiger partial charge in [-0.05, 0) is 42.0 Å². The predicted molar refractivity (Wildman–Crippen MR) is 124 cm³/mol. The number of hydrogen-bond donors (Lipinski definition) is 1. The number of fused-ring (bicyclic) bond motifs is 1. The fraction of sp³-hybridized carbons (Fsp3) is 0.167. The van der Waals surface area contributed by atoms with E-state index in [-0.39, 0.29) is 12.7 Å². The topological polar surface area (TPSA) is 91.2 Å². The van der Waals surface area contributed by atoms with Crippen LogP contribution in [0.4, 0.5) is 0 Å². The highest BCUT2D eigenvalue weighted by Gasteiger charge is 2.17. The molecule has 4 aromatic rings. The number of nitrogens with zero attached hydrogens (tertiary/aromatic N) is 4. The number of pyridine rings is 1. The largest absolute Gasteiger partial charge is 0.454 e. The third kappa shape index (κ3) is 4.83. The summed E-state index contributed by atoms with van der Waals surface area (Å²) >= 11 is 1.50. The smallest absolute Gasteiger partial charge is 0.231 e. The number of carbonyl (C=O) groups is 1. The van der Waals surface area contributed by atoms with E-state index in [2.05, 4.69) is 20.5 Å². The standard InChI is InChI=1S/C24H21N5O3S/c30-22(26-14-17-8-9-20-21(13-17)32-16-31-20)10-12-33-24-28-27-23(18-5-4-11-25-15-18)29(24)19-6-2-1-3-7-19/h1-9,11,13,15H,10,12,14,16H2,(H,26,30). The molecule has 1 aliphatic heterocycles. The second-order valence-corrected chi connectivity index (χ2v) is 8.34. The number of carbonyl (C=O) groups excluding carboxylic acids is 1. The maximum absolute atomic E-state index is 12.4. The van der Waals surface area contributed by atoms with Crippen LogP contribution >= 0.6 is 11.8 Å². The maximum Gasteiger partial charge on any atom is 0.231 e. The van der Waals surface area contributed by atoms with Gasteiger partial charge in [0.05, 0.1) is 0 Å². The molecular weight excluding hydrogens is 438 g/mol. The Morgan fingerprint density at radius 2 is 1.91 bits per heavy atom. The fourth-order valence-corrected chi connectivity index (χ4v) is 4.32. The first-order valence-electron chi connectivity index (χ1n) is 10.5. The molecule has 2 aromatic heterocycles.